The smallest absolute Gasteiger partial charge is 0.328 e. The number of nitrogens with zero attached hydrogens (tertiary/aromatic N) is 1. The summed E-state index contributed by atoms with van der Waals surface area (Å²) in [6.07, 6.45) is 0.466. The van der Waals surface area contributed by atoms with Gasteiger partial charge in [0, 0.05) is 37.0 Å². The van der Waals surface area contributed by atoms with Crippen LogP contribution < -0.4 is 19.7 Å². The molecule has 1 aliphatic heterocycles. The number of morpholine rings is 1. The van der Waals surface area contributed by atoms with E-state index in [2.05, 4.69) is 16.3 Å². The molecule has 1 unspecified atom stereocenters. The number of hydrogen-bond donors (Lipinski definition) is 1. The van der Waals surface area contributed by atoms with Gasteiger partial charge >= 0.3 is 5.97 Å². The molecule has 0 saturated carbocycles. The van der Waals surface area contributed by atoms with E-state index >= 15 is 0 Å². The summed E-state index contributed by atoms with van der Waals surface area (Å²) < 4.78 is 21.7. The van der Waals surface area contributed by atoms with Crippen LogP contribution in [0.1, 0.15) is 12.5 Å². The number of ether oxygens (including phenoxy) is 4. The van der Waals surface area contributed by atoms with E-state index < -0.39 is 6.04 Å². The number of benzene rings is 3. The lowest BCUT2D eigenvalue weighted by molar-refractivity contribution is -0.144. The Morgan fingerprint density at radius 3 is 2.17 bits per heavy atom. The fourth-order valence-electron chi connectivity index (χ4n) is 4.30. The minimum absolute atomic E-state index is 0.285. The van der Waals surface area contributed by atoms with Crippen LogP contribution in [0.5, 0.6) is 11.5 Å². The van der Waals surface area contributed by atoms with E-state index in [9.17, 15) is 4.79 Å². The van der Waals surface area contributed by atoms with Gasteiger partial charge in [-0.2, -0.15) is 0 Å². The molecule has 0 amide bonds. The van der Waals surface area contributed by atoms with E-state index in [0.29, 0.717) is 26.2 Å². The second-order valence-corrected chi connectivity index (χ2v) is 8.60. The van der Waals surface area contributed by atoms with Crippen LogP contribution in [-0.2, 0) is 20.7 Å². The number of hydrogen-bond acceptors (Lipinski definition) is 7. The fourth-order valence-corrected chi connectivity index (χ4v) is 4.30. The van der Waals surface area contributed by atoms with Gasteiger partial charge in [0.2, 0.25) is 0 Å². The van der Waals surface area contributed by atoms with Crippen LogP contribution in [0.15, 0.2) is 66.7 Å². The summed E-state index contributed by atoms with van der Waals surface area (Å²) in [7, 11) is 3.32. The average molecular weight is 491 g/mol. The molecule has 7 nitrogen and oxygen atoms in total. The molecular weight excluding hydrogens is 456 g/mol. The monoisotopic (exact) mass is 490 g/mol. The van der Waals surface area contributed by atoms with E-state index in [1.54, 1.807) is 14.2 Å². The molecule has 3 aromatic rings. The minimum Gasteiger partial charge on any atom is -0.497 e. The summed E-state index contributed by atoms with van der Waals surface area (Å²) in [5.41, 5.74) is 5.09. The zero-order valence-corrected chi connectivity index (χ0v) is 21.2. The highest BCUT2D eigenvalue weighted by atomic mass is 16.5. The maximum Gasteiger partial charge on any atom is 0.328 e. The third-order valence-electron chi connectivity index (χ3n) is 6.22. The molecule has 1 N–H and O–H groups in total. The first-order valence-corrected chi connectivity index (χ1v) is 12.3. The molecule has 190 valence electrons. The molecule has 1 aliphatic rings. The Morgan fingerprint density at radius 1 is 0.917 bits per heavy atom. The summed E-state index contributed by atoms with van der Waals surface area (Å²) in [6, 6.07) is 21.6. The Morgan fingerprint density at radius 2 is 1.56 bits per heavy atom. The van der Waals surface area contributed by atoms with Gasteiger partial charge in [0.15, 0.2) is 0 Å². The van der Waals surface area contributed by atoms with E-state index in [1.807, 2.05) is 67.6 Å². The second-order valence-electron chi connectivity index (χ2n) is 8.60. The highest BCUT2D eigenvalue weighted by Gasteiger charge is 2.22. The van der Waals surface area contributed by atoms with E-state index in [-0.39, 0.29) is 5.97 Å². The van der Waals surface area contributed by atoms with Crippen LogP contribution in [0.25, 0.3) is 11.1 Å². The van der Waals surface area contributed by atoms with Gasteiger partial charge in [0.25, 0.3) is 0 Å². The Hall–Kier alpha value is -3.71. The Labute approximate surface area is 212 Å². The van der Waals surface area contributed by atoms with Crippen LogP contribution in [0, 0.1) is 0 Å². The van der Waals surface area contributed by atoms with Gasteiger partial charge in [0.1, 0.15) is 17.5 Å². The first-order valence-electron chi connectivity index (χ1n) is 12.3. The number of methoxy groups -OCH3 is 2. The number of anilines is 2. The Balaban J connectivity index is 1.52. The van der Waals surface area contributed by atoms with Gasteiger partial charge in [0.05, 0.1) is 34.0 Å². The van der Waals surface area contributed by atoms with E-state index in [1.165, 1.54) is 0 Å². The lowest BCUT2D eigenvalue weighted by atomic mass is 10.0. The Kier molecular flexibility index (Phi) is 8.68. The summed E-state index contributed by atoms with van der Waals surface area (Å²) >= 11 is 0. The van der Waals surface area contributed by atoms with Crippen molar-refractivity contribution in [2.45, 2.75) is 19.4 Å². The third kappa shape index (κ3) is 6.49. The predicted molar refractivity (Wildman–Crippen MR) is 142 cm³/mol. The van der Waals surface area contributed by atoms with Crippen molar-refractivity contribution in [3.63, 3.8) is 0 Å². The van der Waals surface area contributed by atoms with Gasteiger partial charge in [-0.15, -0.1) is 0 Å². The molecule has 0 radical (unpaired) electrons. The molecule has 7 heteroatoms. The van der Waals surface area contributed by atoms with Crippen molar-refractivity contribution in [1.82, 2.24) is 0 Å². The lowest BCUT2D eigenvalue weighted by Gasteiger charge is -2.29. The number of nitrogens with one attached hydrogen (secondary N) is 1. The molecule has 1 saturated heterocycles. The fraction of sp³-hybridized carbons (Fsp3) is 0.345. The van der Waals surface area contributed by atoms with Crippen LogP contribution in [-0.4, -0.2) is 59.1 Å². The van der Waals surface area contributed by atoms with Crippen molar-refractivity contribution in [3.05, 3.63) is 72.3 Å². The molecule has 0 aromatic heterocycles. The van der Waals surface area contributed by atoms with Gasteiger partial charge in [-0.05, 0) is 60.0 Å². The van der Waals surface area contributed by atoms with E-state index in [0.717, 1.165) is 52.7 Å². The van der Waals surface area contributed by atoms with E-state index in [4.69, 9.17) is 18.9 Å². The van der Waals surface area contributed by atoms with Crippen molar-refractivity contribution in [1.29, 1.82) is 0 Å². The summed E-state index contributed by atoms with van der Waals surface area (Å²) in [4.78, 5) is 15.2. The Bertz CT molecular complexity index is 1130. The zero-order valence-electron chi connectivity index (χ0n) is 21.2. The molecule has 0 aliphatic carbocycles. The normalized spacial score (nSPS) is 14.1. The molecule has 3 aromatic carbocycles. The molecule has 36 heavy (non-hydrogen) atoms. The maximum atomic E-state index is 12.9. The quantitative estimate of drug-likeness (QED) is 0.410. The van der Waals surface area contributed by atoms with Crippen molar-refractivity contribution >= 4 is 17.3 Å². The van der Waals surface area contributed by atoms with Crippen molar-refractivity contribution < 1.29 is 23.7 Å². The van der Waals surface area contributed by atoms with Crippen LogP contribution >= 0.6 is 0 Å². The predicted octanol–water partition coefficient (Wildman–Crippen LogP) is 4.79. The van der Waals surface area contributed by atoms with Crippen LogP contribution in [0.2, 0.25) is 0 Å². The standard InChI is InChI=1S/C29H34N2O5/c1-4-36-29(32)28(19-21-17-25(20-27(18-21)34-3)31-13-15-35-16-14-31)30-24-9-5-22(6-10-24)23-7-11-26(33-2)12-8-23/h5-12,17-18,20,28,30H,4,13-16,19H2,1-3H3. The highest BCUT2D eigenvalue weighted by molar-refractivity contribution is 5.80. The molecule has 0 spiro atoms. The first-order chi connectivity index (χ1) is 17.6. The number of carbonyl (C=O) groups excluding carboxylic acids is 1. The maximum absolute atomic E-state index is 12.9. The second kappa shape index (κ2) is 12.3. The van der Waals surface area contributed by atoms with Gasteiger partial charge in [-0.1, -0.05) is 24.3 Å². The molecule has 1 atom stereocenters. The number of esters is 1. The van der Waals surface area contributed by atoms with Gasteiger partial charge < -0.3 is 29.2 Å². The van der Waals surface area contributed by atoms with Crippen LogP contribution in [0.4, 0.5) is 11.4 Å². The number of carbonyl (C=O) groups is 1. The van der Waals surface area contributed by atoms with Crippen molar-refractivity contribution in [2.24, 2.45) is 0 Å². The zero-order chi connectivity index (χ0) is 25.3. The van der Waals surface area contributed by atoms with Gasteiger partial charge in [-0.3, -0.25) is 0 Å². The molecule has 1 fully saturated rings. The largest absolute Gasteiger partial charge is 0.497 e. The summed E-state index contributed by atoms with van der Waals surface area (Å²) in [5.74, 6) is 1.30. The highest BCUT2D eigenvalue weighted by Crippen LogP contribution is 2.27. The summed E-state index contributed by atoms with van der Waals surface area (Å²) in [5, 5.41) is 3.38. The minimum atomic E-state index is -0.540. The lowest BCUT2D eigenvalue weighted by Crippen LogP contribution is -2.36. The topological polar surface area (TPSA) is 69.3 Å². The first kappa shape index (κ1) is 25.4. The van der Waals surface area contributed by atoms with Crippen molar-refractivity contribution in [2.75, 3.05) is 57.3 Å². The molecular formula is C29H34N2O5. The third-order valence-corrected chi connectivity index (χ3v) is 6.22. The SMILES string of the molecule is CCOC(=O)C(Cc1cc(OC)cc(N2CCOCC2)c1)Nc1ccc(-c2ccc(OC)cc2)cc1. The average Bonchev–Trinajstić information content (AvgIpc) is 2.93. The van der Waals surface area contributed by atoms with Crippen molar-refractivity contribution in [3.8, 4) is 22.6 Å². The summed E-state index contributed by atoms with van der Waals surface area (Å²) in [6.45, 7) is 5.20. The number of rotatable bonds is 10. The molecule has 4 rings (SSSR count). The molecule has 0 bridgehead atoms. The van der Waals surface area contributed by atoms with Gasteiger partial charge in [-0.25, -0.2) is 4.79 Å². The van der Waals surface area contributed by atoms with Crippen LogP contribution in [0.3, 0.4) is 0 Å². The molecule has 1 heterocycles.